The standard InChI is InChI=1S/C21H16N2O4S/c1-23-16-9-17-18(27-12-26-17)10-19(16)28-21(23)22-20(24)11-25-15-7-6-13-4-2-3-5-14(13)8-15/h2-10H,11-12H2,1H3. The number of carbonyl (C=O) groups is 1. The Morgan fingerprint density at radius 3 is 2.75 bits per heavy atom. The van der Waals surface area contributed by atoms with Gasteiger partial charge in [0.2, 0.25) is 6.79 Å². The highest BCUT2D eigenvalue weighted by atomic mass is 32.1. The van der Waals surface area contributed by atoms with Crippen LogP contribution in [0, 0.1) is 0 Å². The molecule has 3 aromatic carbocycles. The van der Waals surface area contributed by atoms with Crippen molar-refractivity contribution in [2.75, 3.05) is 13.4 Å². The van der Waals surface area contributed by atoms with Crippen LogP contribution in [0.4, 0.5) is 0 Å². The summed E-state index contributed by atoms with van der Waals surface area (Å²) in [7, 11) is 1.87. The van der Waals surface area contributed by atoms with Crippen molar-refractivity contribution in [1.82, 2.24) is 4.57 Å². The van der Waals surface area contributed by atoms with Crippen LogP contribution in [0.5, 0.6) is 17.2 Å². The molecule has 0 atom stereocenters. The van der Waals surface area contributed by atoms with Crippen LogP contribution in [0.1, 0.15) is 0 Å². The van der Waals surface area contributed by atoms with E-state index in [1.165, 1.54) is 11.3 Å². The predicted octanol–water partition coefficient (Wildman–Crippen LogP) is 3.63. The molecule has 0 N–H and O–H groups in total. The predicted molar refractivity (Wildman–Crippen MR) is 107 cm³/mol. The van der Waals surface area contributed by atoms with Gasteiger partial charge in [0.15, 0.2) is 22.9 Å². The molecule has 1 aromatic heterocycles. The van der Waals surface area contributed by atoms with Gasteiger partial charge in [-0.05, 0) is 22.9 Å². The first-order chi connectivity index (χ1) is 13.7. The summed E-state index contributed by atoms with van der Waals surface area (Å²) in [6.07, 6.45) is 0. The second kappa shape index (κ2) is 6.69. The number of ether oxygens (including phenoxy) is 3. The number of amides is 1. The van der Waals surface area contributed by atoms with E-state index in [9.17, 15) is 4.79 Å². The molecule has 1 aliphatic rings. The molecule has 6 nitrogen and oxygen atoms in total. The Labute approximate surface area is 164 Å². The topological polar surface area (TPSA) is 62.1 Å². The van der Waals surface area contributed by atoms with Crippen molar-refractivity contribution in [2.24, 2.45) is 12.0 Å². The lowest BCUT2D eigenvalue weighted by Gasteiger charge is -2.05. The number of benzene rings is 3. The van der Waals surface area contributed by atoms with Gasteiger partial charge in [-0.2, -0.15) is 4.99 Å². The van der Waals surface area contributed by atoms with Crippen LogP contribution in [0.2, 0.25) is 0 Å². The molecule has 0 aliphatic carbocycles. The number of thiazole rings is 1. The van der Waals surface area contributed by atoms with E-state index in [0.29, 0.717) is 22.0 Å². The molecule has 0 saturated heterocycles. The summed E-state index contributed by atoms with van der Waals surface area (Å²) in [5.41, 5.74) is 0.941. The van der Waals surface area contributed by atoms with Gasteiger partial charge < -0.3 is 18.8 Å². The van der Waals surface area contributed by atoms with E-state index in [1.54, 1.807) is 0 Å². The van der Waals surface area contributed by atoms with Crippen molar-refractivity contribution < 1.29 is 19.0 Å². The number of fused-ring (bicyclic) bond motifs is 3. The van der Waals surface area contributed by atoms with Gasteiger partial charge in [-0.25, -0.2) is 0 Å². The van der Waals surface area contributed by atoms with Gasteiger partial charge in [0.05, 0.1) is 10.2 Å². The summed E-state index contributed by atoms with van der Waals surface area (Å²) in [4.78, 5) is 17.1. The Morgan fingerprint density at radius 2 is 1.89 bits per heavy atom. The quantitative estimate of drug-likeness (QED) is 0.534. The Morgan fingerprint density at radius 1 is 1.11 bits per heavy atom. The molecule has 7 heteroatoms. The molecule has 0 spiro atoms. The molecular formula is C21H16N2O4S. The van der Waals surface area contributed by atoms with Crippen LogP contribution in [-0.4, -0.2) is 23.9 Å². The van der Waals surface area contributed by atoms with E-state index in [2.05, 4.69) is 4.99 Å². The zero-order chi connectivity index (χ0) is 19.1. The largest absolute Gasteiger partial charge is 0.484 e. The molecule has 0 radical (unpaired) electrons. The number of nitrogens with zero attached hydrogens (tertiary/aromatic N) is 2. The van der Waals surface area contributed by atoms with Gasteiger partial charge in [0.1, 0.15) is 5.75 Å². The average molecular weight is 392 g/mol. The molecule has 0 unspecified atom stereocenters. The van der Waals surface area contributed by atoms with Crippen molar-refractivity contribution in [3.63, 3.8) is 0 Å². The molecule has 2 heterocycles. The van der Waals surface area contributed by atoms with Crippen LogP contribution < -0.4 is 19.0 Å². The lowest BCUT2D eigenvalue weighted by Crippen LogP contribution is -2.17. The fourth-order valence-electron chi connectivity index (χ4n) is 3.17. The molecule has 28 heavy (non-hydrogen) atoms. The van der Waals surface area contributed by atoms with Crippen LogP contribution in [0.15, 0.2) is 59.6 Å². The molecule has 1 amide bonds. The van der Waals surface area contributed by atoms with Crippen LogP contribution in [0.3, 0.4) is 0 Å². The van der Waals surface area contributed by atoms with Crippen molar-refractivity contribution >= 4 is 38.2 Å². The normalized spacial score (nSPS) is 13.4. The number of rotatable bonds is 3. The maximum absolute atomic E-state index is 12.3. The lowest BCUT2D eigenvalue weighted by atomic mass is 10.1. The molecule has 0 bridgehead atoms. The third kappa shape index (κ3) is 2.99. The molecule has 0 saturated carbocycles. The number of hydrogen-bond acceptors (Lipinski definition) is 5. The summed E-state index contributed by atoms with van der Waals surface area (Å²) < 4.78 is 19.3. The SMILES string of the molecule is Cn1c(=NC(=O)COc2ccc3ccccc3c2)sc2cc3c(cc21)OCO3. The Hall–Kier alpha value is -3.32. The van der Waals surface area contributed by atoms with E-state index in [4.69, 9.17) is 14.2 Å². The van der Waals surface area contributed by atoms with Gasteiger partial charge in [0, 0.05) is 19.2 Å². The molecule has 140 valence electrons. The summed E-state index contributed by atoms with van der Waals surface area (Å²) >= 11 is 1.43. The third-order valence-corrected chi connectivity index (χ3v) is 5.70. The first-order valence-electron chi connectivity index (χ1n) is 8.76. The van der Waals surface area contributed by atoms with Crippen molar-refractivity contribution in [2.45, 2.75) is 0 Å². The van der Waals surface area contributed by atoms with Crippen LogP contribution >= 0.6 is 11.3 Å². The molecule has 4 aromatic rings. The van der Waals surface area contributed by atoms with E-state index < -0.39 is 0 Å². The van der Waals surface area contributed by atoms with Crippen LogP contribution in [0.25, 0.3) is 21.0 Å². The summed E-state index contributed by atoms with van der Waals surface area (Å²) in [5, 5.41) is 2.20. The summed E-state index contributed by atoms with van der Waals surface area (Å²) in [6.45, 7) is 0.119. The number of aromatic nitrogens is 1. The minimum atomic E-state index is -0.338. The molecule has 0 fully saturated rings. The first-order valence-corrected chi connectivity index (χ1v) is 9.57. The zero-order valence-corrected chi connectivity index (χ0v) is 15.9. The first kappa shape index (κ1) is 16.8. The number of carbonyl (C=O) groups excluding carboxylic acids is 1. The smallest absolute Gasteiger partial charge is 0.286 e. The Kier molecular flexibility index (Phi) is 4.02. The summed E-state index contributed by atoms with van der Waals surface area (Å²) in [5.74, 6) is 1.73. The highest BCUT2D eigenvalue weighted by Gasteiger charge is 2.17. The number of aryl methyl sites for hydroxylation is 1. The third-order valence-electron chi connectivity index (χ3n) is 4.61. The monoisotopic (exact) mass is 392 g/mol. The lowest BCUT2D eigenvalue weighted by molar-refractivity contribution is -0.120. The van der Waals surface area contributed by atoms with Crippen LogP contribution in [-0.2, 0) is 11.8 Å². The van der Waals surface area contributed by atoms with Gasteiger partial charge in [-0.3, -0.25) is 4.79 Å². The van der Waals surface area contributed by atoms with Gasteiger partial charge in [-0.15, -0.1) is 0 Å². The van der Waals surface area contributed by atoms with E-state index in [0.717, 1.165) is 21.0 Å². The molecular weight excluding hydrogens is 376 g/mol. The van der Waals surface area contributed by atoms with E-state index >= 15 is 0 Å². The number of hydrogen-bond donors (Lipinski definition) is 0. The highest BCUT2D eigenvalue weighted by Crippen LogP contribution is 2.36. The fraction of sp³-hybridized carbons (Fsp3) is 0.143. The van der Waals surface area contributed by atoms with Crippen molar-refractivity contribution in [3.05, 3.63) is 59.4 Å². The van der Waals surface area contributed by atoms with Gasteiger partial charge in [-0.1, -0.05) is 41.7 Å². The van der Waals surface area contributed by atoms with Crippen molar-refractivity contribution in [3.8, 4) is 17.2 Å². The zero-order valence-electron chi connectivity index (χ0n) is 15.0. The second-order valence-corrected chi connectivity index (χ2v) is 7.43. The minimum Gasteiger partial charge on any atom is -0.484 e. The Bertz CT molecular complexity index is 1290. The molecule has 1 aliphatic heterocycles. The fourth-order valence-corrected chi connectivity index (χ4v) is 4.21. The van der Waals surface area contributed by atoms with E-state index in [1.807, 2.05) is 66.2 Å². The second-order valence-electron chi connectivity index (χ2n) is 6.42. The molecule has 5 rings (SSSR count). The Balaban J connectivity index is 1.38. The highest BCUT2D eigenvalue weighted by molar-refractivity contribution is 7.16. The van der Waals surface area contributed by atoms with Crippen molar-refractivity contribution in [1.29, 1.82) is 0 Å². The minimum absolute atomic E-state index is 0.116. The van der Waals surface area contributed by atoms with Gasteiger partial charge >= 0.3 is 0 Å². The van der Waals surface area contributed by atoms with E-state index in [-0.39, 0.29) is 19.3 Å². The van der Waals surface area contributed by atoms with Gasteiger partial charge in [0.25, 0.3) is 5.91 Å². The average Bonchev–Trinajstić information content (AvgIpc) is 3.29. The summed E-state index contributed by atoms with van der Waals surface area (Å²) in [6, 6.07) is 17.6. The maximum atomic E-state index is 12.3. The maximum Gasteiger partial charge on any atom is 0.286 e.